The van der Waals surface area contributed by atoms with Gasteiger partial charge in [-0.2, -0.15) is 5.10 Å². The predicted molar refractivity (Wildman–Crippen MR) is 125 cm³/mol. The predicted octanol–water partition coefficient (Wildman–Crippen LogP) is 3.55. The minimum absolute atomic E-state index is 0.177. The van der Waals surface area contributed by atoms with Gasteiger partial charge in [0.05, 0.1) is 25.6 Å². The molecule has 3 aromatic rings. The van der Waals surface area contributed by atoms with E-state index in [4.69, 9.17) is 31.9 Å². The number of piperidine rings is 1. The fourth-order valence-electron chi connectivity index (χ4n) is 4.01. The molecule has 0 spiro atoms. The number of hydrogen-bond donors (Lipinski definition) is 1. The van der Waals surface area contributed by atoms with Crippen molar-refractivity contribution in [2.24, 2.45) is 11.7 Å². The number of hydrogen-bond acceptors (Lipinski definition) is 5. The maximum Gasteiger partial charge on any atom is 0.272 e. The molecule has 172 valence electrons. The lowest BCUT2D eigenvalue weighted by Gasteiger charge is -2.30. The summed E-state index contributed by atoms with van der Waals surface area (Å²) in [6, 6.07) is 14.3. The molecule has 33 heavy (non-hydrogen) atoms. The molecule has 0 unspecified atom stereocenters. The number of amides is 2. The van der Waals surface area contributed by atoms with Gasteiger partial charge in [0.15, 0.2) is 0 Å². The Morgan fingerprint density at radius 1 is 1.06 bits per heavy atom. The van der Waals surface area contributed by atoms with Crippen LogP contribution in [0.2, 0.25) is 5.02 Å². The Labute approximate surface area is 196 Å². The SMILES string of the molecule is COc1ccc(-c2cc(C(=O)N3CCC(C(N)=O)CC3)n(-c3cccc(Cl)c3)n2)c(OC)c1. The van der Waals surface area contributed by atoms with Gasteiger partial charge in [-0.15, -0.1) is 0 Å². The van der Waals surface area contributed by atoms with E-state index in [0.717, 1.165) is 5.56 Å². The minimum Gasteiger partial charge on any atom is -0.497 e. The maximum absolute atomic E-state index is 13.5. The molecule has 1 fully saturated rings. The number of primary amides is 1. The molecular weight excluding hydrogens is 444 g/mol. The third-order valence-electron chi connectivity index (χ3n) is 5.85. The molecule has 1 saturated heterocycles. The van der Waals surface area contributed by atoms with Gasteiger partial charge in [0.2, 0.25) is 5.91 Å². The Bertz CT molecular complexity index is 1180. The fraction of sp³-hybridized carbons (Fsp3) is 0.292. The molecule has 9 heteroatoms. The summed E-state index contributed by atoms with van der Waals surface area (Å²) in [5.41, 5.74) is 7.79. The number of ether oxygens (including phenoxy) is 2. The molecule has 2 aromatic carbocycles. The van der Waals surface area contributed by atoms with E-state index in [1.54, 1.807) is 54.1 Å². The van der Waals surface area contributed by atoms with Gasteiger partial charge in [-0.1, -0.05) is 17.7 Å². The van der Waals surface area contributed by atoms with Crippen LogP contribution >= 0.6 is 11.6 Å². The third kappa shape index (κ3) is 4.66. The smallest absolute Gasteiger partial charge is 0.272 e. The average molecular weight is 469 g/mol. The third-order valence-corrected chi connectivity index (χ3v) is 6.09. The molecule has 2 amide bonds. The Morgan fingerprint density at radius 3 is 2.45 bits per heavy atom. The van der Waals surface area contributed by atoms with Crippen molar-refractivity contribution in [1.82, 2.24) is 14.7 Å². The number of nitrogens with two attached hydrogens (primary N) is 1. The summed E-state index contributed by atoms with van der Waals surface area (Å²) in [6.07, 6.45) is 1.09. The number of methoxy groups -OCH3 is 2. The number of halogens is 1. The van der Waals surface area contributed by atoms with Crippen molar-refractivity contribution in [3.8, 4) is 28.4 Å². The zero-order chi connectivity index (χ0) is 23.5. The molecule has 1 aliphatic heterocycles. The van der Waals surface area contributed by atoms with Gasteiger partial charge in [0.1, 0.15) is 17.2 Å². The minimum atomic E-state index is -0.319. The standard InChI is InChI=1S/C24H25ClN4O4/c1-32-18-6-7-19(22(13-18)33-2)20-14-21(29(27-20)17-5-3-4-16(25)12-17)24(31)28-10-8-15(9-11-28)23(26)30/h3-7,12-15H,8-11H2,1-2H3,(H2,26,30). The van der Waals surface area contributed by atoms with Crippen LogP contribution in [0, 0.1) is 5.92 Å². The van der Waals surface area contributed by atoms with Crippen molar-refractivity contribution in [1.29, 1.82) is 0 Å². The molecule has 0 aliphatic carbocycles. The summed E-state index contributed by atoms with van der Waals surface area (Å²) in [4.78, 5) is 26.8. The lowest BCUT2D eigenvalue weighted by atomic mass is 9.96. The van der Waals surface area contributed by atoms with Crippen LogP contribution in [0.3, 0.4) is 0 Å². The van der Waals surface area contributed by atoms with Crippen molar-refractivity contribution in [3.63, 3.8) is 0 Å². The second-order valence-electron chi connectivity index (χ2n) is 7.84. The summed E-state index contributed by atoms with van der Waals surface area (Å²) in [5, 5.41) is 5.27. The number of carbonyl (C=O) groups excluding carboxylic acids is 2. The second-order valence-corrected chi connectivity index (χ2v) is 8.28. The quantitative estimate of drug-likeness (QED) is 0.596. The lowest BCUT2D eigenvalue weighted by Crippen LogP contribution is -2.42. The molecule has 1 aliphatic rings. The highest BCUT2D eigenvalue weighted by Gasteiger charge is 2.29. The summed E-state index contributed by atoms with van der Waals surface area (Å²) < 4.78 is 12.4. The molecule has 8 nitrogen and oxygen atoms in total. The highest BCUT2D eigenvalue weighted by atomic mass is 35.5. The van der Waals surface area contributed by atoms with Gasteiger partial charge in [-0.3, -0.25) is 9.59 Å². The van der Waals surface area contributed by atoms with Crippen LogP contribution < -0.4 is 15.2 Å². The first-order valence-electron chi connectivity index (χ1n) is 10.6. The van der Waals surface area contributed by atoms with Crippen LogP contribution in [0.5, 0.6) is 11.5 Å². The van der Waals surface area contributed by atoms with E-state index in [2.05, 4.69) is 0 Å². The van der Waals surface area contributed by atoms with E-state index in [0.29, 0.717) is 59.5 Å². The average Bonchev–Trinajstić information content (AvgIpc) is 3.28. The zero-order valence-electron chi connectivity index (χ0n) is 18.5. The van der Waals surface area contributed by atoms with Crippen molar-refractivity contribution in [2.75, 3.05) is 27.3 Å². The normalized spacial score (nSPS) is 14.2. The number of likely N-dealkylation sites (tertiary alicyclic amines) is 1. The molecular formula is C24H25ClN4O4. The van der Waals surface area contributed by atoms with Crippen molar-refractivity contribution in [2.45, 2.75) is 12.8 Å². The van der Waals surface area contributed by atoms with Crippen LogP contribution in [0.15, 0.2) is 48.5 Å². The highest BCUT2D eigenvalue weighted by Crippen LogP contribution is 2.34. The number of benzene rings is 2. The van der Waals surface area contributed by atoms with Crippen LogP contribution in [-0.4, -0.2) is 53.8 Å². The number of nitrogens with zero attached hydrogens (tertiary/aromatic N) is 3. The first kappa shape index (κ1) is 22.7. The zero-order valence-corrected chi connectivity index (χ0v) is 19.2. The van der Waals surface area contributed by atoms with Crippen molar-refractivity contribution in [3.05, 3.63) is 59.2 Å². The van der Waals surface area contributed by atoms with E-state index >= 15 is 0 Å². The van der Waals surface area contributed by atoms with Gasteiger partial charge in [-0.05, 0) is 49.2 Å². The van der Waals surface area contributed by atoms with E-state index in [9.17, 15) is 9.59 Å². The molecule has 2 heterocycles. The van der Waals surface area contributed by atoms with Crippen LogP contribution in [-0.2, 0) is 4.79 Å². The molecule has 2 N–H and O–H groups in total. The molecule has 0 atom stereocenters. The summed E-state index contributed by atoms with van der Waals surface area (Å²) in [7, 11) is 3.15. The largest absolute Gasteiger partial charge is 0.497 e. The summed E-state index contributed by atoms with van der Waals surface area (Å²) in [5.74, 6) is 0.528. The number of aromatic nitrogens is 2. The Hall–Kier alpha value is -3.52. The van der Waals surface area contributed by atoms with E-state index < -0.39 is 0 Å². The molecule has 0 saturated carbocycles. The van der Waals surface area contributed by atoms with Gasteiger partial charge in [-0.25, -0.2) is 4.68 Å². The van der Waals surface area contributed by atoms with Crippen LogP contribution in [0.1, 0.15) is 23.3 Å². The lowest BCUT2D eigenvalue weighted by molar-refractivity contribution is -0.123. The summed E-state index contributed by atoms with van der Waals surface area (Å²) >= 11 is 6.21. The number of rotatable bonds is 6. The van der Waals surface area contributed by atoms with E-state index in [1.807, 2.05) is 18.2 Å². The van der Waals surface area contributed by atoms with Gasteiger partial charge in [0, 0.05) is 35.7 Å². The van der Waals surface area contributed by atoms with Crippen molar-refractivity contribution >= 4 is 23.4 Å². The topological polar surface area (TPSA) is 99.7 Å². The molecule has 1 aromatic heterocycles. The Morgan fingerprint density at radius 2 is 1.82 bits per heavy atom. The first-order chi connectivity index (χ1) is 15.9. The Kier molecular flexibility index (Phi) is 6.55. The highest BCUT2D eigenvalue weighted by molar-refractivity contribution is 6.30. The Balaban J connectivity index is 1.75. The second kappa shape index (κ2) is 9.54. The van der Waals surface area contributed by atoms with E-state index in [-0.39, 0.29) is 17.7 Å². The van der Waals surface area contributed by atoms with Crippen molar-refractivity contribution < 1.29 is 19.1 Å². The molecule has 0 bridgehead atoms. The van der Waals surface area contributed by atoms with Gasteiger partial charge >= 0.3 is 0 Å². The fourth-order valence-corrected chi connectivity index (χ4v) is 4.19. The molecule has 0 radical (unpaired) electrons. The van der Waals surface area contributed by atoms with Crippen LogP contribution in [0.4, 0.5) is 0 Å². The van der Waals surface area contributed by atoms with E-state index in [1.165, 1.54) is 0 Å². The monoisotopic (exact) mass is 468 g/mol. The van der Waals surface area contributed by atoms with Crippen LogP contribution in [0.25, 0.3) is 16.9 Å². The molecule has 4 rings (SSSR count). The summed E-state index contributed by atoms with van der Waals surface area (Å²) in [6.45, 7) is 0.905. The van der Waals surface area contributed by atoms with Gasteiger partial charge < -0.3 is 20.1 Å². The maximum atomic E-state index is 13.5. The van der Waals surface area contributed by atoms with Gasteiger partial charge in [0.25, 0.3) is 5.91 Å². The number of carbonyl (C=O) groups is 2. The first-order valence-corrected chi connectivity index (χ1v) is 11.0.